The van der Waals surface area contributed by atoms with Gasteiger partial charge in [0.05, 0.1) is 12.6 Å². The summed E-state index contributed by atoms with van der Waals surface area (Å²) in [4.78, 5) is 15.4. The largest absolute Gasteiger partial charge is 0.336 e. The first-order valence-electron chi connectivity index (χ1n) is 7.82. The first kappa shape index (κ1) is 17.0. The number of nitrogens with one attached hydrogen (secondary N) is 2. The Bertz CT molecular complexity index is 796. The van der Waals surface area contributed by atoms with Crippen LogP contribution in [0.2, 0.25) is 0 Å². The second-order valence-corrected chi connectivity index (χ2v) is 7.75. The number of fused-ring (bicyclic) bond motifs is 1. The maximum Gasteiger partial charge on any atom is 0.315 e. The summed E-state index contributed by atoms with van der Waals surface area (Å²) in [5.41, 5.74) is 1.26. The van der Waals surface area contributed by atoms with Crippen LogP contribution < -0.4 is 10.6 Å². The lowest BCUT2D eigenvalue weighted by molar-refractivity contribution is 0.233. The zero-order chi connectivity index (χ0) is 16.9. The minimum absolute atomic E-state index is 0.130. The van der Waals surface area contributed by atoms with E-state index in [1.807, 2.05) is 31.6 Å². The van der Waals surface area contributed by atoms with Gasteiger partial charge in [0.2, 0.25) is 0 Å². The van der Waals surface area contributed by atoms with Crippen LogP contribution in [0.3, 0.4) is 0 Å². The molecular formula is C18H21N3OS2. The molecule has 2 heterocycles. The van der Waals surface area contributed by atoms with Crippen molar-refractivity contribution in [3.63, 3.8) is 0 Å². The molecule has 0 aliphatic heterocycles. The number of carbonyl (C=O) groups excluding carboxylic acids is 1. The van der Waals surface area contributed by atoms with Crippen LogP contribution in [0.4, 0.5) is 4.79 Å². The average Bonchev–Trinajstić information content (AvgIpc) is 3.23. The molecule has 2 amide bonds. The Kier molecular flexibility index (Phi) is 5.50. The predicted octanol–water partition coefficient (Wildman–Crippen LogP) is 4.06. The second kappa shape index (κ2) is 7.79. The van der Waals surface area contributed by atoms with E-state index in [4.69, 9.17) is 0 Å². The van der Waals surface area contributed by atoms with E-state index in [0.717, 1.165) is 4.88 Å². The maximum absolute atomic E-state index is 12.1. The van der Waals surface area contributed by atoms with Crippen molar-refractivity contribution < 1.29 is 4.79 Å². The molecule has 1 aromatic carbocycles. The zero-order valence-electron chi connectivity index (χ0n) is 13.8. The third-order valence-corrected chi connectivity index (χ3v) is 5.81. The van der Waals surface area contributed by atoms with Crippen LogP contribution >= 0.6 is 22.7 Å². The van der Waals surface area contributed by atoms with E-state index in [-0.39, 0.29) is 12.1 Å². The monoisotopic (exact) mass is 359 g/mol. The smallest absolute Gasteiger partial charge is 0.315 e. The van der Waals surface area contributed by atoms with Crippen molar-refractivity contribution in [2.75, 3.05) is 20.6 Å². The minimum Gasteiger partial charge on any atom is -0.336 e. The second-order valence-electron chi connectivity index (χ2n) is 5.81. The Morgan fingerprint density at radius 2 is 1.96 bits per heavy atom. The standard InChI is InChI=1S/C18H21N3OS2/c1-21(2)16(15-12-24-17-8-4-3-7-14(15)17)11-20-18(22)19-10-13-6-5-9-23-13/h3-9,12,16H,10-11H2,1-2H3,(H2,19,20,22). The molecule has 0 aliphatic rings. The molecule has 126 valence electrons. The van der Waals surface area contributed by atoms with Crippen molar-refractivity contribution in [3.8, 4) is 0 Å². The van der Waals surface area contributed by atoms with Crippen LogP contribution in [0, 0.1) is 0 Å². The van der Waals surface area contributed by atoms with E-state index in [0.29, 0.717) is 13.1 Å². The summed E-state index contributed by atoms with van der Waals surface area (Å²) in [6.07, 6.45) is 0. The number of nitrogens with zero attached hydrogens (tertiary/aromatic N) is 1. The maximum atomic E-state index is 12.1. The summed E-state index contributed by atoms with van der Waals surface area (Å²) in [6, 6.07) is 12.4. The van der Waals surface area contributed by atoms with E-state index in [1.54, 1.807) is 22.7 Å². The molecule has 4 nitrogen and oxygen atoms in total. The highest BCUT2D eigenvalue weighted by molar-refractivity contribution is 7.17. The minimum atomic E-state index is -0.130. The highest BCUT2D eigenvalue weighted by Gasteiger charge is 2.18. The molecule has 6 heteroatoms. The Hall–Kier alpha value is -1.89. The Morgan fingerprint density at radius 3 is 2.71 bits per heavy atom. The van der Waals surface area contributed by atoms with Gasteiger partial charge in [-0.1, -0.05) is 24.3 Å². The zero-order valence-corrected chi connectivity index (χ0v) is 15.4. The van der Waals surface area contributed by atoms with Crippen molar-refractivity contribution in [1.82, 2.24) is 15.5 Å². The summed E-state index contributed by atoms with van der Waals surface area (Å²) >= 11 is 3.39. The third kappa shape index (κ3) is 3.95. The van der Waals surface area contributed by atoms with Gasteiger partial charge in [0.1, 0.15) is 0 Å². The molecule has 0 spiro atoms. The lowest BCUT2D eigenvalue weighted by Gasteiger charge is -2.24. The van der Waals surface area contributed by atoms with E-state index < -0.39 is 0 Å². The highest BCUT2D eigenvalue weighted by atomic mass is 32.1. The van der Waals surface area contributed by atoms with Crippen LogP contribution in [-0.2, 0) is 6.54 Å². The van der Waals surface area contributed by atoms with E-state index in [2.05, 4.69) is 45.2 Å². The first-order chi connectivity index (χ1) is 11.6. The number of benzene rings is 1. The predicted molar refractivity (Wildman–Crippen MR) is 103 cm³/mol. The van der Waals surface area contributed by atoms with Crippen molar-refractivity contribution in [1.29, 1.82) is 0 Å². The molecule has 0 aliphatic carbocycles. The Labute approximate surface area is 150 Å². The molecule has 0 bridgehead atoms. The van der Waals surface area contributed by atoms with Crippen molar-refractivity contribution in [3.05, 3.63) is 57.6 Å². The topological polar surface area (TPSA) is 44.4 Å². The number of carbonyl (C=O) groups is 1. The van der Waals surface area contributed by atoms with Crippen LogP contribution in [0.25, 0.3) is 10.1 Å². The van der Waals surface area contributed by atoms with Gasteiger partial charge in [-0.3, -0.25) is 0 Å². The van der Waals surface area contributed by atoms with Gasteiger partial charge in [0.25, 0.3) is 0 Å². The van der Waals surface area contributed by atoms with Crippen molar-refractivity contribution >= 4 is 38.8 Å². The van der Waals surface area contributed by atoms with Gasteiger partial charge in [-0.2, -0.15) is 0 Å². The molecule has 0 saturated carbocycles. The molecule has 3 rings (SSSR count). The average molecular weight is 360 g/mol. The molecule has 1 unspecified atom stereocenters. The molecule has 2 N–H and O–H groups in total. The van der Waals surface area contributed by atoms with Gasteiger partial charge in [0, 0.05) is 16.1 Å². The normalized spacial score (nSPS) is 12.5. The van der Waals surface area contributed by atoms with E-state index >= 15 is 0 Å². The van der Waals surface area contributed by atoms with Gasteiger partial charge in [0.15, 0.2) is 0 Å². The van der Waals surface area contributed by atoms with Crippen LogP contribution in [-0.4, -0.2) is 31.6 Å². The molecule has 2 aromatic heterocycles. The van der Waals surface area contributed by atoms with Crippen LogP contribution in [0.15, 0.2) is 47.2 Å². The summed E-state index contributed by atoms with van der Waals surface area (Å²) in [7, 11) is 4.09. The molecule has 0 saturated heterocycles. The van der Waals surface area contributed by atoms with Gasteiger partial charge >= 0.3 is 6.03 Å². The van der Waals surface area contributed by atoms with Gasteiger partial charge in [-0.15, -0.1) is 22.7 Å². The van der Waals surface area contributed by atoms with Gasteiger partial charge in [-0.05, 0) is 47.9 Å². The number of rotatable bonds is 6. The highest BCUT2D eigenvalue weighted by Crippen LogP contribution is 2.31. The van der Waals surface area contributed by atoms with Gasteiger partial charge < -0.3 is 15.5 Å². The number of thiophene rings is 2. The first-order valence-corrected chi connectivity index (χ1v) is 9.57. The Balaban J connectivity index is 1.63. The molecule has 24 heavy (non-hydrogen) atoms. The van der Waals surface area contributed by atoms with Crippen LogP contribution in [0.5, 0.6) is 0 Å². The summed E-state index contributed by atoms with van der Waals surface area (Å²) in [6.45, 7) is 1.14. The number of likely N-dealkylation sites (N-methyl/N-ethyl adjacent to an activating group) is 1. The summed E-state index contributed by atoms with van der Waals surface area (Å²) in [5, 5.41) is 11.4. The SMILES string of the molecule is CN(C)C(CNC(=O)NCc1cccs1)c1csc2ccccc12. The lowest BCUT2D eigenvalue weighted by Crippen LogP contribution is -2.40. The van der Waals surface area contributed by atoms with Crippen LogP contribution in [0.1, 0.15) is 16.5 Å². The van der Waals surface area contributed by atoms with E-state index in [1.165, 1.54) is 15.6 Å². The fraction of sp³-hybridized carbons (Fsp3) is 0.278. The van der Waals surface area contributed by atoms with Crippen molar-refractivity contribution in [2.24, 2.45) is 0 Å². The fourth-order valence-corrected chi connectivity index (χ4v) is 4.31. The fourth-order valence-electron chi connectivity index (χ4n) is 2.66. The summed E-state index contributed by atoms with van der Waals surface area (Å²) in [5.74, 6) is 0. The number of hydrogen-bond acceptors (Lipinski definition) is 4. The molecule has 1 atom stereocenters. The number of urea groups is 1. The molecule has 3 aromatic rings. The molecular weight excluding hydrogens is 338 g/mol. The Morgan fingerprint density at radius 1 is 1.12 bits per heavy atom. The molecule has 0 radical (unpaired) electrons. The van der Waals surface area contributed by atoms with Crippen molar-refractivity contribution in [2.45, 2.75) is 12.6 Å². The lowest BCUT2D eigenvalue weighted by atomic mass is 10.0. The van der Waals surface area contributed by atoms with E-state index in [9.17, 15) is 4.79 Å². The quantitative estimate of drug-likeness (QED) is 0.697. The summed E-state index contributed by atoms with van der Waals surface area (Å²) < 4.78 is 1.28. The molecule has 0 fully saturated rings. The number of amides is 2. The number of hydrogen-bond donors (Lipinski definition) is 2. The van der Waals surface area contributed by atoms with Gasteiger partial charge in [-0.25, -0.2) is 4.79 Å². The third-order valence-electron chi connectivity index (χ3n) is 3.95.